The third-order valence-electron chi connectivity index (χ3n) is 6.15. The van der Waals surface area contributed by atoms with Crippen molar-refractivity contribution >= 4 is 29.2 Å². The molecule has 2 aliphatic rings. The van der Waals surface area contributed by atoms with Crippen molar-refractivity contribution in [1.82, 2.24) is 19.6 Å². The standard InChI is InChI=1S/C24H32N6O4/c1-16-5-4-6-18(9-16)27-24(33)29-13-20(10-21(29)14-34-15-22(31)28(2)3)30-12-19(11-25-30)26-23(32)17-7-8-17/h4-6,9,11-12,17,20-21H,7-8,10,13-15H2,1-3H3,(H,26,32)(H,27,33)/t20-,21-/m0/s1. The molecule has 4 amide bonds. The zero-order valence-electron chi connectivity index (χ0n) is 19.9. The number of anilines is 2. The minimum atomic E-state index is -0.227. The van der Waals surface area contributed by atoms with Gasteiger partial charge in [-0.1, -0.05) is 12.1 Å². The third-order valence-corrected chi connectivity index (χ3v) is 6.15. The Morgan fingerprint density at radius 3 is 2.68 bits per heavy atom. The van der Waals surface area contributed by atoms with E-state index >= 15 is 0 Å². The lowest BCUT2D eigenvalue weighted by Gasteiger charge is -2.25. The number of carbonyl (C=O) groups excluding carboxylic acids is 3. The van der Waals surface area contributed by atoms with Gasteiger partial charge in [0.25, 0.3) is 0 Å². The molecule has 2 aromatic rings. The molecule has 0 radical (unpaired) electrons. The van der Waals surface area contributed by atoms with E-state index in [0.29, 0.717) is 18.7 Å². The van der Waals surface area contributed by atoms with Gasteiger partial charge in [0.05, 0.1) is 30.6 Å². The van der Waals surface area contributed by atoms with Gasteiger partial charge in [0.2, 0.25) is 11.8 Å². The Bertz CT molecular complexity index is 1050. The number of hydrogen-bond donors (Lipinski definition) is 2. The van der Waals surface area contributed by atoms with E-state index in [2.05, 4.69) is 15.7 Å². The van der Waals surface area contributed by atoms with Crippen LogP contribution in [0.3, 0.4) is 0 Å². The number of likely N-dealkylation sites (tertiary alicyclic amines) is 1. The van der Waals surface area contributed by atoms with Crippen LogP contribution in [-0.2, 0) is 14.3 Å². The second kappa shape index (κ2) is 10.3. The minimum absolute atomic E-state index is 0.0296. The number of aryl methyl sites for hydroxylation is 1. The molecular weight excluding hydrogens is 436 g/mol. The van der Waals surface area contributed by atoms with Gasteiger partial charge in [-0.25, -0.2) is 4.79 Å². The summed E-state index contributed by atoms with van der Waals surface area (Å²) in [5.74, 6) is 0.0115. The van der Waals surface area contributed by atoms with Crippen molar-refractivity contribution in [3.05, 3.63) is 42.2 Å². The number of nitrogens with one attached hydrogen (secondary N) is 2. The average molecular weight is 469 g/mol. The van der Waals surface area contributed by atoms with E-state index in [1.165, 1.54) is 4.90 Å². The maximum Gasteiger partial charge on any atom is 0.322 e. The van der Waals surface area contributed by atoms with Gasteiger partial charge < -0.3 is 25.2 Å². The second-order valence-electron chi connectivity index (χ2n) is 9.27. The lowest BCUT2D eigenvalue weighted by atomic mass is 10.2. The first-order valence-electron chi connectivity index (χ1n) is 11.6. The largest absolute Gasteiger partial charge is 0.369 e. The summed E-state index contributed by atoms with van der Waals surface area (Å²) in [6.07, 6.45) is 5.93. The number of aromatic nitrogens is 2. The van der Waals surface area contributed by atoms with Crippen LogP contribution in [-0.4, -0.2) is 77.3 Å². The predicted molar refractivity (Wildman–Crippen MR) is 127 cm³/mol. The number of amides is 4. The van der Waals surface area contributed by atoms with Gasteiger partial charge in [-0.15, -0.1) is 0 Å². The Hall–Kier alpha value is -3.40. The Morgan fingerprint density at radius 1 is 1.18 bits per heavy atom. The molecule has 0 bridgehead atoms. The number of nitrogens with zero attached hydrogens (tertiary/aromatic N) is 4. The summed E-state index contributed by atoms with van der Waals surface area (Å²) in [7, 11) is 3.35. The summed E-state index contributed by atoms with van der Waals surface area (Å²) in [6.45, 7) is 2.60. The smallest absolute Gasteiger partial charge is 0.322 e. The van der Waals surface area contributed by atoms with Crippen LogP contribution < -0.4 is 10.6 Å². The lowest BCUT2D eigenvalue weighted by Crippen LogP contribution is -2.41. The molecule has 2 fully saturated rings. The van der Waals surface area contributed by atoms with E-state index in [0.717, 1.165) is 24.1 Å². The quantitative estimate of drug-likeness (QED) is 0.619. The molecule has 0 unspecified atom stereocenters. The van der Waals surface area contributed by atoms with Gasteiger partial charge >= 0.3 is 6.03 Å². The van der Waals surface area contributed by atoms with Crippen molar-refractivity contribution in [2.75, 3.05) is 44.5 Å². The molecule has 10 nitrogen and oxygen atoms in total. The van der Waals surface area contributed by atoms with Gasteiger partial charge in [0, 0.05) is 38.4 Å². The van der Waals surface area contributed by atoms with Gasteiger partial charge in [0.15, 0.2) is 0 Å². The van der Waals surface area contributed by atoms with Gasteiger partial charge in [0.1, 0.15) is 6.61 Å². The van der Waals surface area contributed by atoms with Crippen molar-refractivity contribution in [2.24, 2.45) is 5.92 Å². The fourth-order valence-electron chi connectivity index (χ4n) is 4.01. The fourth-order valence-corrected chi connectivity index (χ4v) is 4.01. The van der Waals surface area contributed by atoms with Crippen molar-refractivity contribution in [3.63, 3.8) is 0 Å². The van der Waals surface area contributed by atoms with Crippen LogP contribution in [0.4, 0.5) is 16.2 Å². The number of rotatable bonds is 8. The first-order valence-corrected chi connectivity index (χ1v) is 11.6. The molecule has 34 heavy (non-hydrogen) atoms. The molecular formula is C24H32N6O4. The fraction of sp³-hybridized carbons (Fsp3) is 0.500. The SMILES string of the molecule is Cc1cccc(NC(=O)N2C[C@@H](n3cc(NC(=O)C4CC4)cn3)C[C@H]2COCC(=O)N(C)C)c1. The zero-order valence-corrected chi connectivity index (χ0v) is 19.9. The molecule has 2 heterocycles. The van der Waals surface area contributed by atoms with Crippen LogP contribution in [0.25, 0.3) is 0 Å². The van der Waals surface area contributed by atoms with E-state index in [-0.39, 0.29) is 49.1 Å². The van der Waals surface area contributed by atoms with Gasteiger partial charge in [-0.05, 0) is 43.9 Å². The van der Waals surface area contributed by atoms with Gasteiger partial charge in [-0.3, -0.25) is 14.3 Å². The van der Waals surface area contributed by atoms with Crippen LogP contribution in [0.1, 0.15) is 30.9 Å². The van der Waals surface area contributed by atoms with E-state index in [9.17, 15) is 14.4 Å². The highest BCUT2D eigenvalue weighted by Crippen LogP contribution is 2.31. The van der Waals surface area contributed by atoms with E-state index in [1.54, 1.807) is 36.1 Å². The monoisotopic (exact) mass is 468 g/mol. The van der Waals surface area contributed by atoms with Crippen LogP contribution in [0.15, 0.2) is 36.7 Å². The minimum Gasteiger partial charge on any atom is -0.369 e. The number of urea groups is 1. The van der Waals surface area contributed by atoms with Crippen molar-refractivity contribution in [1.29, 1.82) is 0 Å². The first kappa shape index (κ1) is 23.7. The Morgan fingerprint density at radius 2 is 1.97 bits per heavy atom. The Labute approximate surface area is 199 Å². The summed E-state index contributed by atoms with van der Waals surface area (Å²) in [4.78, 5) is 40.3. The van der Waals surface area contributed by atoms with E-state index < -0.39 is 0 Å². The summed E-state index contributed by atoms with van der Waals surface area (Å²) >= 11 is 0. The summed E-state index contributed by atoms with van der Waals surface area (Å²) in [5.41, 5.74) is 2.43. The molecule has 1 aliphatic carbocycles. The molecule has 1 aromatic heterocycles. The highest BCUT2D eigenvalue weighted by atomic mass is 16.5. The van der Waals surface area contributed by atoms with Crippen LogP contribution in [0.5, 0.6) is 0 Å². The van der Waals surface area contributed by atoms with Crippen LogP contribution in [0, 0.1) is 12.8 Å². The third kappa shape index (κ3) is 5.93. The predicted octanol–water partition coefficient (Wildman–Crippen LogP) is 2.49. The average Bonchev–Trinajstić information content (AvgIpc) is 3.40. The number of carbonyl (C=O) groups is 3. The Balaban J connectivity index is 1.43. The summed E-state index contributed by atoms with van der Waals surface area (Å²) in [5, 5.41) is 10.3. The zero-order chi connectivity index (χ0) is 24.2. The maximum atomic E-state index is 13.1. The highest BCUT2D eigenvalue weighted by Gasteiger charge is 2.37. The van der Waals surface area contributed by atoms with Gasteiger partial charge in [-0.2, -0.15) is 5.10 Å². The molecule has 2 N–H and O–H groups in total. The highest BCUT2D eigenvalue weighted by molar-refractivity contribution is 5.93. The van der Waals surface area contributed by atoms with E-state index in [1.807, 2.05) is 31.2 Å². The maximum absolute atomic E-state index is 13.1. The number of likely N-dealkylation sites (N-methyl/N-ethyl adjacent to an activating group) is 1. The number of benzene rings is 1. The molecule has 1 aliphatic heterocycles. The molecule has 4 rings (SSSR count). The molecule has 10 heteroatoms. The van der Waals surface area contributed by atoms with Crippen molar-refractivity contribution < 1.29 is 19.1 Å². The summed E-state index contributed by atoms with van der Waals surface area (Å²) in [6, 6.07) is 7.10. The molecule has 1 saturated heterocycles. The van der Waals surface area contributed by atoms with Crippen molar-refractivity contribution in [3.8, 4) is 0 Å². The van der Waals surface area contributed by atoms with E-state index in [4.69, 9.17) is 4.74 Å². The summed E-state index contributed by atoms with van der Waals surface area (Å²) < 4.78 is 7.46. The molecule has 2 atom stereocenters. The van der Waals surface area contributed by atoms with Crippen molar-refractivity contribution in [2.45, 2.75) is 38.3 Å². The normalized spacial score (nSPS) is 19.7. The Kier molecular flexibility index (Phi) is 7.16. The number of ether oxygens (including phenoxy) is 1. The van der Waals surface area contributed by atoms with Crippen LogP contribution in [0.2, 0.25) is 0 Å². The molecule has 1 saturated carbocycles. The molecule has 182 valence electrons. The molecule has 0 spiro atoms. The molecule has 1 aromatic carbocycles. The first-order chi connectivity index (χ1) is 16.3. The second-order valence-corrected chi connectivity index (χ2v) is 9.27. The number of hydrogen-bond acceptors (Lipinski definition) is 5. The lowest BCUT2D eigenvalue weighted by molar-refractivity contribution is -0.133. The topological polar surface area (TPSA) is 109 Å². The van der Waals surface area contributed by atoms with Crippen LogP contribution >= 0.6 is 0 Å².